The topological polar surface area (TPSA) is 116 Å². The summed E-state index contributed by atoms with van der Waals surface area (Å²) in [4.78, 5) is 35.5. The van der Waals surface area contributed by atoms with Crippen LogP contribution in [0, 0.1) is 21.4 Å². The molecule has 9 heteroatoms. The Kier molecular flexibility index (Phi) is 4.75. The highest BCUT2D eigenvalue weighted by Crippen LogP contribution is 2.27. The van der Waals surface area contributed by atoms with Crippen LogP contribution in [0.25, 0.3) is 10.9 Å². The van der Waals surface area contributed by atoms with Crippen molar-refractivity contribution in [2.45, 2.75) is 0 Å². The van der Waals surface area contributed by atoms with Gasteiger partial charge in [0.15, 0.2) is 0 Å². The van der Waals surface area contributed by atoms with Crippen molar-refractivity contribution in [2.24, 2.45) is 0 Å². The van der Waals surface area contributed by atoms with Crippen LogP contribution in [0.4, 0.5) is 11.5 Å². The minimum Gasteiger partial charge on any atom is -0.353 e. The van der Waals surface area contributed by atoms with E-state index >= 15 is 0 Å². The monoisotopic (exact) mass is 388 g/mol. The van der Waals surface area contributed by atoms with Crippen molar-refractivity contribution in [1.29, 1.82) is 5.26 Å². The molecule has 29 heavy (non-hydrogen) atoms. The normalized spacial score (nSPS) is 13.9. The van der Waals surface area contributed by atoms with E-state index in [1.54, 1.807) is 41.4 Å². The van der Waals surface area contributed by atoms with Gasteiger partial charge in [0.2, 0.25) is 0 Å². The molecule has 1 fully saturated rings. The van der Waals surface area contributed by atoms with Crippen LogP contribution in [0.1, 0.15) is 16.1 Å². The van der Waals surface area contributed by atoms with Crippen LogP contribution in [-0.4, -0.2) is 51.9 Å². The van der Waals surface area contributed by atoms with Crippen LogP contribution in [0.5, 0.6) is 0 Å². The molecule has 3 heterocycles. The van der Waals surface area contributed by atoms with Gasteiger partial charge < -0.3 is 9.80 Å². The quantitative estimate of drug-likeness (QED) is 0.499. The van der Waals surface area contributed by atoms with Crippen molar-refractivity contribution in [2.75, 3.05) is 31.1 Å². The first-order valence-corrected chi connectivity index (χ1v) is 9.01. The number of nitro benzene ring substituents is 1. The van der Waals surface area contributed by atoms with E-state index in [2.05, 4.69) is 16.0 Å². The van der Waals surface area contributed by atoms with E-state index in [9.17, 15) is 20.2 Å². The lowest BCUT2D eigenvalue weighted by molar-refractivity contribution is -0.384. The van der Waals surface area contributed by atoms with Crippen molar-refractivity contribution in [1.82, 2.24) is 14.9 Å². The van der Waals surface area contributed by atoms with Gasteiger partial charge in [-0.05, 0) is 24.3 Å². The molecule has 0 unspecified atom stereocenters. The summed E-state index contributed by atoms with van der Waals surface area (Å²) < 4.78 is 0. The Hall–Kier alpha value is -4.06. The first-order valence-electron chi connectivity index (χ1n) is 9.01. The number of nitriles is 1. The second kappa shape index (κ2) is 7.52. The first-order chi connectivity index (χ1) is 14.1. The number of fused-ring (bicyclic) bond motifs is 1. The van der Waals surface area contributed by atoms with Crippen molar-refractivity contribution < 1.29 is 9.72 Å². The van der Waals surface area contributed by atoms with Crippen molar-refractivity contribution in [3.05, 3.63) is 70.0 Å². The molecule has 2 aromatic heterocycles. The third kappa shape index (κ3) is 3.55. The second-order valence-electron chi connectivity index (χ2n) is 6.59. The summed E-state index contributed by atoms with van der Waals surface area (Å²) in [6.45, 7) is 2.15. The van der Waals surface area contributed by atoms with E-state index < -0.39 is 4.92 Å². The summed E-state index contributed by atoms with van der Waals surface area (Å²) >= 11 is 0. The van der Waals surface area contributed by atoms with Crippen LogP contribution < -0.4 is 4.90 Å². The predicted molar refractivity (Wildman–Crippen MR) is 105 cm³/mol. The zero-order valence-corrected chi connectivity index (χ0v) is 15.4. The highest BCUT2D eigenvalue weighted by molar-refractivity contribution is 5.92. The van der Waals surface area contributed by atoms with Gasteiger partial charge in [0, 0.05) is 49.9 Å². The van der Waals surface area contributed by atoms with Gasteiger partial charge in [0.05, 0.1) is 22.1 Å². The number of nitrogens with zero attached hydrogens (tertiary/aromatic N) is 6. The first kappa shape index (κ1) is 18.3. The van der Waals surface area contributed by atoms with E-state index in [1.807, 2.05) is 4.90 Å². The molecular weight excluding hydrogens is 372 g/mol. The molecule has 1 saturated heterocycles. The smallest absolute Gasteiger partial charge is 0.272 e. The lowest BCUT2D eigenvalue weighted by Crippen LogP contribution is -2.49. The molecule has 4 rings (SSSR count). The number of rotatable bonds is 3. The number of hydrogen-bond donors (Lipinski definition) is 0. The Morgan fingerprint density at radius 2 is 1.93 bits per heavy atom. The average molecular weight is 388 g/mol. The SMILES string of the molecule is N#Cc1cc(N2CCN(C(=O)c3ccccn3)CC2)nc2ccc([N+](=O)[O-])cc12. The summed E-state index contributed by atoms with van der Waals surface area (Å²) in [6.07, 6.45) is 1.59. The van der Waals surface area contributed by atoms with Crippen molar-refractivity contribution in [3.8, 4) is 6.07 Å². The molecule has 3 aromatic rings. The maximum Gasteiger partial charge on any atom is 0.272 e. The van der Waals surface area contributed by atoms with Gasteiger partial charge in [-0.3, -0.25) is 19.9 Å². The molecule has 144 valence electrons. The minimum atomic E-state index is -0.494. The van der Waals surface area contributed by atoms with E-state index in [0.29, 0.717) is 54.2 Å². The molecule has 1 aliphatic rings. The highest BCUT2D eigenvalue weighted by Gasteiger charge is 2.24. The van der Waals surface area contributed by atoms with Crippen molar-refractivity contribution >= 4 is 28.3 Å². The molecule has 0 bridgehead atoms. The zero-order valence-electron chi connectivity index (χ0n) is 15.4. The maximum atomic E-state index is 12.5. The highest BCUT2D eigenvalue weighted by atomic mass is 16.6. The third-order valence-electron chi connectivity index (χ3n) is 4.88. The molecule has 1 aliphatic heterocycles. The van der Waals surface area contributed by atoms with Gasteiger partial charge >= 0.3 is 0 Å². The van der Waals surface area contributed by atoms with Gasteiger partial charge in [-0.15, -0.1) is 0 Å². The minimum absolute atomic E-state index is 0.0785. The van der Waals surface area contributed by atoms with Crippen LogP contribution in [0.3, 0.4) is 0 Å². The van der Waals surface area contributed by atoms with E-state index in [4.69, 9.17) is 0 Å². The number of anilines is 1. The number of pyridine rings is 2. The number of non-ortho nitro benzene ring substituents is 1. The molecule has 9 nitrogen and oxygen atoms in total. The largest absolute Gasteiger partial charge is 0.353 e. The molecule has 0 N–H and O–H groups in total. The molecule has 0 aliphatic carbocycles. The van der Waals surface area contributed by atoms with E-state index in [0.717, 1.165) is 0 Å². The van der Waals surface area contributed by atoms with Gasteiger partial charge in [-0.25, -0.2) is 4.98 Å². The molecule has 0 saturated carbocycles. The van der Waals surface area contributed by atoms with Gasteiger partial charge in [0.1, 0.15) is 11.5 Å². The van der Waals surface area contributed by atoms with Crippen LogP contribution in [0.2, 0.25) is 0 Å². The van der Waals surface area contributed by atoms with Crippen LogP contribution >= 0.6 is 0 Å². The zero-order chi connectivity index (χ0) is 20.4. The Balaban J connectivity index is 1.55. The van der Waals surface area contributed by atoms with Gasteiger partial charge in [0.25, 0.3) is 11.6 Å². The number of nitro groups is 1. The summed E-state index contributed by atoms with van der Waals surface area (Å²) in [6, 6.07) is 13.3. The van der Waals surface area contributed by atoms with Crippen LogP contribution in [-0.2, 0) is 0 Å². The summed E-state index contributed by atoms with van der Waals surface area (Å²) in [5.41, 5.74) is 1.20. The number of aromatic nitrogens is 2. The summed E-state index contributed by atoms with van der Waals surface area (Å²) in [7, 11) is 0. The maximum absolute atomic E-state index is 12.5. The molecular formula is C20H16N6O3. The van der Waals surface area contributed by atoms with E-state index in [1.165, 1.54) is 12.1 Å². The number of hydrogen-bond acceptors (Lipinski definition) is 7. The summed E-state index contributed by atoms with van der Waals surface area (Å²) in [5, 5.41) is 21.0. The average Bonchev–Trinajstić information content (AvgIpc) is 2.78. The number of carbonyl (C=O) groups excluding carboxylic acids is 1. The molecule has 0 spiro atoms. The van der Waals surface area contributed by atoms with E-state index in [-0.39, 0.29) is 11.6 Å². The number of benzene rings is 1. The fourth-order valence-corrected chi connectivity index (χ4v) is 3.36. The van der Waals surface area contributed by atoms with Crippen LogP contribution in [0.15, 0.2) is 48.7 Å². The molecule has 1 amide bonds. The Morgan fingerprint density at radius 3 is 2.59 bits per heavy atom. The summed E-state index contributed by atoms with van der Waals surface area (Å²) in [5.74, 6) is 0.509. The predicted octanol–water partition coefficient (Wildman–Crippen LogP) is 2.37. The lowest BCUT2D eigenvalue weighted by atomic mass is 10.1. The molecule has 0 atom stereocenters. The fourth-order valence-electron chi connectivity index (χ4n) is 3.36. The molecule has 0 radical (unpaired) electrons. The Labute approximate surface area is 166 Å². The Morgan fingerprint density at radius 1 is 1.14 bits per heavy atom. The number of carbonyl (C=O) groups is 1. The fraction of sp³-hybridized carbons (Fsp3) is 0.200. The second-order valence-corrected chi connectivity index (χ2v) is 6.59. The standard InChI is InChI=1S/C20H16N6O3/c21-13-14-11-19(23-17-5-4-15(26(28)29)12-16(14)17)24-7-9-25(10-8-24)20(27)18-3-1-2-6-22-18/h1-6,11-12H,7-10H2. The molecule has 1 aromatic carbocycles. The third-order valence-corrected chi connectivity index (χ3v) is 4.88. The van der Waals surface area contributed by atoms with Gasteiger partial charge in [-0.2, -0.15) is 5.26 Å². The number of amides is 1. The van der Waals surface area contributed by atoms with Gasteiger partial charge in [-0.1, -0.05) is 6.07 Å². The Bertz CT molecular complexity index is 1130. The lowest BCUT2D eigenvalue weighted by Gasteiger charge is -2.35. The van der Waals surface area contributed by atoms with Crippen molar-refractivity contribution in [3.63, 3.8) is 0 Å². The number of piperazine rings is 1.